The average Bonchev–Trinajstić information content (AvgIpc) is 3.30. The number of hydrogen-bond donors (Lipinski definition) is 0. The van der Waals surface area contributed by atoms with Crippen LogP contribution in [0.4, 0.5) is 17.6 Å². The van der Waals surface area contributed by atoms with E-state index in [1.54, 1.807) is 24.3 Å². The first-order chi connectivity index (χ1) is 16.2. The first-order valence-corrected chi connectivity index (χ1v) is 10.3. The van der Waals surface area contributed by atoms with E-state index >= 15 is 8.78 Å². The Morgan fingerprint density at radius 2 is 1.79 bits per heavy atom. The van der Waals surface area contributed by atoms with Crippen LogP contribution >= 0.6 is 11.6 Å². The molecule has 1 unspecified atom stereocenters. The number of rotatable bonds is 5. The maximum atomic E-state index is 15.9. The molecule has 0 saturated heterocycles. The molecule has 0 aliphatic rings. The number of pyridine rings is 1. The van der Waals surface area contributed by atoms with E-state index in [0.29, 0.717) is 22.2 Å². The molecule has 2 heterocycles. The summed E-state index contributed by atoms with van der Waals surface area (Å²) in [6.45, 7) is 0.660. The van der Waals surface area contributed by atoms with Gasteiger partial charge in [0.2, 0.25) is 0 Å². The molecule has 5 nitrogen and oxygen atoms in total. The lowest BCUT2D eigenvalue weighted by atomic mass is 9.74. The van der Waals surface area contributed by atoms with Crippen LogP contribution in [0.2, 0.25) is 5.02 Å². The Hall–Kier alpha value is -3.77. The number of nitrogens with zero attached hydrogens (tertiary/aromatic N) is 5. The van der Waals surface area contributed by atoms with Crippen LogP contribution in [0.5, 0.6) is 0 Å². The highest BCUT2D eigenvalue weighted by atomic mass is 35.5. The summed E-state index contributed by atoms with van der Waals surface area (Å²) in [7, 11) is 0. The van der Waals surface area contributed by atoms with Crippen molar-refractivity contribution in [2.75, 3.05) is 0 Å². The van der Waals surface area contributed by atoms with Crippen molar-refractivity contribution >= 4 is 11.6 Å². The molecule has 2 aromatic carbocycles. The molecule has 0 radical (unpaired) electrons. The van der Waals surface area contributed by atoms with Gasteiger partial charge in [0.25, 0.3) is 0 Å². The van der Waals surface area contributed by atoms with Crippen LogP contribution < -0.4 is 0 Å². The third-order valence-electron chi connectivity index (χ3n) is 5.35. The SMILES string of the molecule is CC(Cn1cnnn1)(c1ccc(F)cc1F)C(F)(F)c1ccc(C#Cc2cccc(Cl)c2)cn1. The fourth-order valence-electron chi connectivity index (χ4n) is 3.51. The van der Waals surface area contributed by atoms with Gasteiger partial charge in [0.05, 0.1) is 12.0 Å². The lowest BCUT2D eigenvalue weighted by Gasteiger charge is -2.37. The number of alkyl halides is 2. The first-order valence-electron chi connectivity index (χ1n) is 9.97. The topological polar surface area (TPSA) is 56.5 Å². The standard InChI is InChI=1S/C24H16ClF4N5/c1-23(14-34-15-31-32-33-34,20-9-8-19(26)12-21(20)27)24(28,29)22-10-7-17(13-30-22)6-5-16-3-2-4-18(25)11-16/h2-4,7-13,15H,14H2,1H3. The van der Waals surface area contributed by atoms with Gasteiger partial charge in [-0.1, -0.05) is 35.6 Å². The lowest BCUT2D eigenvalue weighted by Crippen LogP contribution is -2.45. The smallest absolute Gasteiger partial charge is 0.254 e. The molecule has 0 amide bonds. The number of aromatic nitrogens is 5. The number of tetrazole rings is 1. The molecule has 0 N–H and O–H groups in total. The molecular formula is C24H16ClF4N5. The van der Waals surface area contributed by atoms with Gasteiger partial charge in [-0.25, -0.2) is 13.5 Å². The Morgan fingerprint density at radius 3 is 2.44 bits per heavy atom. The monoisotopic (exact) mass is 485 g/mol. The van der Waals surface area contributed by atoms with Gasteiger partial charge in [-0.15, -0.1) is 5.10 Å². The van der Waals surface area contributed by atoms with E-state index in [-0.39, 0.29) is 0 Å². The summed E-state index contributed by atoms with van der Waals surface area (Å²) in [6.07, 6.45) is 2.34. The number of hydrogen-bond acceptors (Lipinski definition) is 4. The van der Waals surface area contributed by atoms with Crippen LogP contribution in [0.25, 0.3) is 0 Å². The Morgan fingerprint density at radius 1 is 1.00 bits per heavy atom. The van der Waals surface area contributed by atoms with Gasteiger partial charge in [0.15, 0.2) is 0 Å². The fourth-order valence-corrected chi connectivity index (χ4v) is 3.70. The second-order valence-electron chi connectivity index (χ2n) is 7.73. The van der Waals surface area contributed by atoms with Crippen molar-refractivity contribution < 1.29 is 17.6 Å². The Labute approximate surface area is 197 Å². The quantitative estimate of drug-likeness (QED) is 0.290. The summed E-state index contributed by atoms with van der Waals surface area (Å²) < 4.78 is 61.1. The molecule has 34 heavy (non-hydrogen) atoms. The van der Waals surface area contributed by atoms with Gasteiger partial charge < -0.3 is 0 Å². The zero-order valence-corrected chi connectivity index (χ0v) is 18.4. The molecule has 0 aliphatic heterocycles. The van der Waals surface area contributed by atoms with E-state index in [2.05, 4.69) is 32.4 Å². The zero-order chi connectivity index (χ0) is 24.3. The molecule has 0 spiro atoms. The summed E-state index contributed by atoms with van der Waals surface area (Å²) in [4.78, 5) is 3.91. The van der Waals surface area contributed by atoms with Crippen molar-refractivity contribution in [1.82, 2.24) is 25.2 Å². The van der Waals surface area contributed by atoms with Gasteiger partial charge in [-0.05, 0) is 53.7 Å². The van der Waals surface area contributed by atoms with Gasteiger partial charge in [-0.3, -0.25) is 4.98 Å². The minimum atomic E-state index is -3.70. The van der Waals surface area contributed by atoms with E-state index in [1.807, 2.05) is 0 Å². The van der Waals surface area contributed by atoms with Crippen LogP contribution in [-0.4, -0.2) is 25.2 Å². The van der Waals surface area contributed by atoms with Crippen LogP contribution in [-0.2, 0) is 17.9 Å². The molecule has 4 aromatic rings. The Bertz CT molecular complexity index is 1360. The average molecular weight is 486 g/mol. The second kappa shape index (κ2) is 9.23. The maximum absolute atomic E-state index is 15.9. The van der Waals surface area contributed by atoms with Crippen LogP contribution in [0.15, 0.2) is 67.1 Å². The van der Waals surface area contributed by atoms with Crippen molar-refractivity contribution in [2.24, 2.45) is 0 Å². The molecule has 0 saturated carbocycles. The van der Waals surface area contributed by atoms with Gasteiger partial charge in [-0.2, -0.15) is 8.78 Å². The molecule has 10 heteroatoms. The van der Waals surface area contributed by atoms with Crippen molar-refractivity contribution in [1.29, 1.82) is 0 Å². The van der Waals surface area contributed by atoms with Crippen molar-refractivity contribution in [2.45, 2.75) is 24.8 Å². The first kappa shape index (κ1) is 23.4. The molecule has 4 rings (SSSR count). The molecule has 172 valence electrons. The van der Waals surface area contributed by atoms with Gasteiger partial charge >= 0.3 is 5.92 Å². The van der Waals surface area contributed by atoms with Gasteiger partial charge in [0, 0.05) is 34.0 Å². The second-order valence-corrected chi connectivity index (χ2v) is 8.17. The van der Waals surface area contributed by atoms with Crippen molar-refractivity contribution in [3.8, 4) is 11.8 Å². The minimum Gasteiger partial charge on any atom is -0.254 e. The fraction of sp³-hybridized carbons (Fsp3) is 0.167. The third kappa shape index (κ3) is 4.63. The van der Waals surface area contributed by atoms with E-state index in [0.717, 1.165) is 36.1 Å². The number of benzene rings is 2. The molecule has 0 bridgehead atoms. The van der Waals surface area contributed by atoms with Crippen molar-refractivity contribution in [3.05, 3.63) is 106 Å². The van der Waals surface area contributed by atoms with Crippen LogP contribution in [0.1, 0.15) is 29.3 Å². The van der Waals surface area contributed by atoms with E-state index < -0.39 is 40.8 Å². The Balaban J connectivity index is 1.71. The maximum Gasteiger partial charge on any atom is 0.300 e. The summed E-state index contributed by atoms with van der Waals surface area (Å²) in [5, 5.41) is 11.1. The normalized spacial score (nSPS) is 13.1. The highest BCUT2D eigenvalue weighted by Gasteiger charge is 2.55. The lowest BCUT2D eigenvalue weighted by molar-refractivity contribution is -0.0929. The van der Waals surface area contributed by atoms with Crippen LogP contribution in [0, 0.1) is 23.5 Å². The third-order valence-corrected chi connectivity index (χ3v) is 5.58. The van der Waals surface area contributed by atoms with E-state index in [9.17, 15) is 8.78 Å². The molecule has 2 aromatic heterocycles. The summed E-state index contributed by atoms with van der Waals surface area (Å²) in [5.41, 5.74) is -2.17. The molecule has 0 aliphatic carbocycles. The summed E-state index contributed by atoms with van der Waals surface area (Å²) in [6, 6.07) is 11.9. The van der Waals surface area contributed by atoms with E-state index in [1.165, 1.54) is 12.3 Å². The highest BCUT2D eigenvalue weighted by molar-refractivity contribution is 6.30. The van der Waals surface area contributed by atoms with E-state index in [4.69, 9.17) is 11.6 Å². The molecular weight excluding hydrogens is 470 g/mol. The minimum absolute atomic E-state index is 0.398. The zero-order valence-electron chi connectivity index (χ0n) is 17.7. The Kier molecular flexibility index (Phi) is 6.35. The predicted octanol–water partition coefficient (Wildman–Crippen LogP) is 5.15. The van der Waals surface area contributed by atoms with Crippen LogP contribution in [0.3, 0.4) is 0 Å². The molecule has 0 fully saturated rings. The largest absolute Gasteiger partial charge is 0.300 e. The number of halogens is 5. The predicted molar refractivity (Wildman–Crippen MR) is 117 cm³/mol. The highest BCUT2D eigenvalue weighted by Crippen LogP contribution is 2.48. The summed E-state index contributed by atoms with van der Waals surface area (Å²) >= 11 is 5.94. The van der Waals surface area contributed by atoms with Crippen molar-refractivity contribution in [3.63, 3.8) is 0 Å². The summed E-state index contributed by atoms with van der Waals surface area (Å²) in [5.74, 6) is 0.0374. The molecule has 1 atom stereocenters. The van der Waals surface area contributed by atoms with Gasteiger partial charge in [0.1, 0.15) is 23.7 Å².